The molecule has 9 aromatic carbocycles. The quantitative estimate of drug-likeness (QED) is 0.0427. The molecule has 0 bridgehead atoms. The minimum Gasteiger partial charge on any atom is -0.519 e. The third kappa shape index (κ3) is 5.49. The summed E-state index contributed by atoms with van der Waals surface area (Å²) in [5.74, 6) is -70.9. The molecule has 0 amide bonds. The molecule has 352 valence electrons. The fraction of sp³-hybridized carbons (Fsp3) is 0.0233. The van der Waals surface area contributed by atoms with E-state index in [-0.39, 0.29) is 5.39 Å². The molecule has 0 spiro atoms. The maximum Gasteiger partial charge on any atom is 0.636 e. The molecular weight excluding hydrogens is 996 g/mol. The lowest BCUT2D eigenvalue weighted by molar-refractivity contribution is 0.0433. The monoisotopic (exact) mass is 1000 g/mol. The number of rotatable bonds is 5. The first kappa shape index (κ1) is 45.4. The third-order valence-corrected chi connectivity index (χ3v) is 11.5. The zero-order chi connectivity index (χ0) is 50.3. The van der Waals surface area contributed by atoms with Crippen LogP contribution in [0.15, 0.2) is 24.3 Å². The van der Waals surface area contributed by atoms with Crippen LogP contribution >= 0.6 is 0 Å². The lowest BCUT2D eigenvalue weighted by atomic mass is 9.72. The van der Waals surface area contributed by atoms with Crippen molar-refractivity contribution in [1.82, 2.24) is 0 Å². The van der Waals surface area contributed by atoms with Gasteiger partial charge in [0.2, 0.25) is 5.82 Å². The van der Waals surface area contributed by atoms with Crippen molar-refractivity contribution in [2.24, 2.45) is 0 Å². The minimum absolute atomic E-state index is 0.363. The molecule has 0 fully saturated rings. The van der Waals surface area contributed by atoms with Gasteiger partial charge in [-0.2, -0.15) is 17.6 Å². The lowest BCUT2D eigenvalue weighted by Crippen LogP contribution is -2.49. The molecule has 0 saturated carbocycles. The van der Waals surface area contributed by atoms with Gasteiger partial charge in [-0.05, 0) is 17.5 Å². The first-order chi connectivity index (χ1) is 32.3. The molecule has 0 unspecified atom stereocenters. The van der Waals surface area contributed by atoms with Crippen LogP contribution in [0.3, 0.4) is 0 Å². The Morgan fingerprint density at radius 1 is 0.304 bits per heavy atom. The molecule has 0 aliphatic heterocycles. The highest BCUT2D eigenvalue weighted by molar-refractivity contribution is 6.64. The van der Waals surface area contributed by atoms with Crippen LogP contribution in [0.4, 0.5) is 101 Å². The molecule has 0 N–H and O–H groups in total. The number of benzene rings is 9. The number of halogens is 23. The van der Waals surface area contributed by atoms with Crippen LogP contribution in [-0.4, -0.2) is 7.12 Å². The lowest BCUT2D eigenvalue weighted by Gasteiger charge is -2.25. The van der Waals surface area contributed by atoms with Gasteiger partial charge < -0.3 is 9.31 Å². The third-order valence-electron chi connectivity index (χ3n) is 11.5. The summed E-state index contributed by atoms with van der Waals surface area (Å²) in [6.45, 7) is 0. The summed E-state index contributed by atoms with van der Waals surface area (Å²) in [4.78, 5) is 0. The van der Waals surface area contributed by atoms with Gasteiger partial charge in [0, 0.05) is 32.8 Å². The van der Waals surface area contributed by atoms with Crippen LogP contribution < -0.4 is 14.8 Å². The molecule has 9 aromatic rings. The van der Waals surface area contributed by atoms with Crippen molar-refractivity contribution >= 4 is 66.4 Å². The van der Waals surface area contributed by atoms with E-state index >= 15 is 79.0 Å². The molecule has 0 radical (unpaired) electrons. The summed E-state index contributed by atoms with van der Waals surface area (Å²) < 4.78 is 368. The Hall–Kier alpha value is -7.41. The topological polar surface area (TPSA) is 18.5 Å². The van der Waals surface area contributed by atoms with Crippen molar-refractivity contribution in [1.29, 1.82) is 0 Å². The van der Waals surface area contributed by atoms with Crippen molar-refractivity contribution in [3.05, 3.63) is 158 Å². The van der Waals surface area contributed by atoms with E-state index in [4.69, 9.17) is 9.31 Å². The first-order valence-corrected chi connectivity index (χ1v) is 18.3. The highest BCUT2D eigenvalue weighted by Gasteiger charge is 2.57. The van der Waals surface area contributed by atoms with Gasteiger partial charge in [0.25, 0.3) is 0 Å². The van der Waals surface area contributed by atoms with Crippen LogP contribution in [0.5, 0.6) is 11.5 Å². The highest BCUT2D eigenvalue weighted by atomic mass is 19.3. The number of hydrogen-bond acceptors (Lipinski definition) is 2. The van der Waals surface area contributed by atoms with Crippen molar-refractivity contribution in [3.8, 4) is 22.6 Å². The zero-order valence-corrected chi connectivity index (χ0v) is 31.9. The highest BCUT2D eigenvalue weighted by Crippen LogP contribution is 2.55. The van der Waals surface area contributed by atoms with Gasteiger partial charge in [-0.1, -0.05) is 12.1 Å². The van der Waals surface area contributed by atoms with Crippen molar-refractivity contribution in [3.63, 3.8) is 0 Å². The summed E-state index contributed by atoms with van der Waals surface area (Å²) in [5, 5.41) is -16.7. The molecule has 0 aromatic heterocycles. The Labute approximate surface area is 362 Å². The van der Waals surface area contributed by atoms with Crippen LogP contribution in [0, 0.1) is 122 Å². The summed E-state index contributed by atoms with van der Waals surface area (Å²) >= 11 is 0. The van der Waals surface area contributed by atoms with Crippen molar-refractivity contribution < 1.29 is 110 Å². The van der Waals surface area contributed by atoms with Crippen molar-refractivity contribution in [2.45, 2.75) is 5.92 Å². The van der Waals surface area contributed by atoms with E-state index in [1.165, 1.54) is 0 Å². The molecule has 69 heavy (non-hydrogen) atoms. The average molecular weight is 1000 g/mol. The Morgan fingerprint density at radius 2 is 0.696 bits per heavy atom. The van der Waals surface area contributed by atoms with Crippen molar-refractivity contribution in [2.75, 3.05) is 0 Å². The van der Waals surface area contributed by atoms with Gasteiger partial charge in [0.05, 0.1) is 43.3 Å². The normalized spacial score (nSPS) is 13.3. The van der Waals surface area contributed by atoms with Gasteiger partial charge in [-0.25, -0.2) is 83.4 Å². The standard InChI is InChI=1S/C43H4BF23O2/c45-7-4-2-5-1-3-6-9-8(5)10(7)23(48)26(51)13(9)30(55)39(64)41(6)68-44(20-18-11(24(49)33(58)32(20)57)12-19(43(18,66)67)31(56)38(63)34(59)25(12)50)69-42-17-16(29(54)37(62)40(42)65)21(46)14-15(22(17)47)28(53)36(61)35(60)27(14)52/h1-4H. The van der Waals surface area contributed by atoms with E-state index in [2.05, 4.69) is 0 Å². The fourth-order valence-electron chi connectivity index (χ4n) is 8.60. The summed E-state index contributed by atoms with van der Waals surface area (Å²) in [7, 11) is -4.26. The predicted octanol–water partition coefficient (Wildman–Crippen LogP) is 13.8. The summed E-state index contributed by atoms with van der Waals surface area (Å²) in [5.41, 5.74) is -13.4. The van der Waals surface area contributed by atoms with Crippen LogP contribution in [0.25, 0.3) is 65.0 Å². The molecule has 0 heterocycles. The van der Waals surface area contributed by atoms with Crippen LogP contribution in [-0.2, 0) is 5.92 Å². The van der Waals surface area contributed by atoms with E-state index in [0.717, 1.165) is 12.1 Å². The fourth-order valence-corrected chi connectivity index (χ4v) is 8.60. The molecule has 0 atom stereocenters. The largest absolute Gasteiger partial charge is 0.636 e. The summed E-state index contributed by atoms with van der Waals surface area (Å²) in [6.07, 6.45) is 0. The second-order valence-electron chi connectivity index (χ2n) is 14.9. The van der Waals surface area contributed by atoms with E-state index in [0.29, 0.717) is 12.1 Å². The first-order valence-electron chi connectivity index (χ1n) is 18.3. The number of hydrogen-bond donors (Lipinski definition) is 0. The van der Waals surface area contributed by atoms with Gasteiger partial charge >= 0.3 is 13.0 Å². The second kappa shape index (κ2) is 14.6. The van der Waals surface area contributed by atoms with Crippen LogP contribution in [0.2, 0.25) is 0 Å². The number of fused-ring (bicyclic) bond motifs is 5. The Balaban J connectivity index is 1.37. The number of alkyl halides is 2. The Morgan fingerprint density at radius 3 is 1.29 bits per heavy atom. The predicted molar refractivity (Wildman–Crippen MR) is 192 cm³/mol. The molecule has 0 saturated heterocycles. The smallest absolute Gasteiger partial charge is 0.519 e. The molecule has 10 rings (SSSR count). The van der Waals surface area contributed by atoms with Gasteiger partial charge in [-0.3, -0.25) is 0 Å². The zero-order valence-electron chi connectivity index (χ0n) is 31.9. The summed E-state index contributed by atoms with van der Waals surface area (Å²) in [6, 6.07) is 2.63. The maximum absolute atomic E-state index is 16.6. The van der Waals surface area contributed by atoms with E-state index in [9.17, 15) is 22.0 Å². The van der Waals surface area contributed by atoms with Gasteiger partial charge in [-0.15, -0.1) is 0 Å². The SMILES string of the molecule is Fc1c(F)c(F)c2c(c1F)-c1c(F)c(F)c(F)c(B(Oc3c(F)c(F)c4c(F)c(F)c5c(F)ccc6ccc3c4c65)Oc3c(F)c(F)c(F)c4c(F)c5c(F)c(F)c(F)c(F)c5c(F)c34)c1C2(F)F. The Bertz CT molecular complexity index is 3910. The molecule has 1 aliphatic carbocycles. The van der Waals surface area contributed by atoms with E-state index < -0.39 is 223 Å². The molecular formula is C43H4BF23O2. The average Bonchev–Trinajstić information content (AvgIpc) is 3.56. The molecule has 26 heteroatoms. The second-order valence-corrected chi connectivity index (χ2v) is 14.9. The van der Waals surface area contributed by atoms with Gasteiger partial charge in [0.15, 0.2) is 105 Å². The minimum atomic E-state index is -5.84. The van der Waals surface area contributed by atoms with Crippen LogP contribution in [0.1, 0.15) is 11.1 Å². The van der Waals surface area contributed by atoms with E-state index in [1.807, 2.05) is 0 Å². The van der Waals surface area contributed by atoms with Gasteiger partial charge in [0.1, 0.15) is 23.2 Å². The van der Waals surface area contributed by atoms with E-state index in [1.54, 1.807) is 0 Å². The molecule has 2 nitrogen and oxygen atoms in total. The maximum atomic E-state index is 16.6. The Kier molecular flexibility index (Phi) is 9.57. The molecule has 1 aliphatic rings.